The van der Waals surface area contributed by atoms with Gasteiger partial charge in [0.25, 0.3) is 0 Å². The molecule has 30 heavy (non-hydrogen) atoms. The van der Waals surface area contributed by atoms with Crippen LogP contribution in [0.4, 0.5) is 5.95 Å². The normalized spacial score (nSPS) is 15.2. The fourth-order valence-corrected chi connectivity index (χ4v) is 3.14. The molecule has 1 N–H and O–H groups in total. The van der Waals surface area contributed by atoms with Crippen LogP contribution in [0, 0.1) is 0 Å². The van der Waals surface area contributed by atoms with Crippen molar-refractivity contribution in [3.63, 3.8) is 0 Å². The van der Waals surface area contributed by atoms with Gasteiger partial charge in [0.1, 0.15) is 17.6 Å². The number of aromatic nitrogens is 2. The number of nitrogens with one attached hydrogen (secondary N) is 1. The molecule has 1 aliphatic rings. The van der Waals surface area contributed by atoms with Crippen LogP contribution >= 0.6 is 24.0 Å². The lowest BCUT2D eigenvalue weighted by molar-refractivity contribution is 0.229. The van der Waals surface area contributed by atoms with Crippen molar-refractivity contribution in [1.29, 1.82) is 0 Å². The Morgan fingerprint density at radius 2 is 1.73 bits per heavy atom. The van der Waals surface area contributed by atoms with E-state index in [1.165, 1.54) is 0 Å². The number of guanidine groups is 1. The quantitative estimate of drug-likeness (QED) is 0.338. The fraction of sp³-hybridized carbons (Fsp3) is 0.476. The summed E-state index contributed by atoms with van der Waals surface area (Å²) in [5, 5.41) is 3.40. The van der Waals surface area contributed by atoms with Gasteiger partial charge in [-0.3, -0.25) is 0 Å². The van der Waals surface area contributed by atoms with Crippen LogP contribution in [-0.4, -0.2) is 73.3 Å². The highest BCUT2D eigenvalue weighted by atomic mass is 127. The number of aliphatic imine (C=N–C) groups is 1. The van der Waals surface area contributed by atoms with E-state index in [4.69, 9.17) is 14.5 Å². The molecule has 1 aliphatic heterocycles. The van der Waals surface area contributed by atoms with Crippen molar-refractivity contribution in [2.45, 2.75) is 20.0 Å². The molecule has 0 amide bonds. The SMILES string of the molecule is CCNC(=NCC(C)Oc1ccc(OC)cc1)N1CCN(c2ncccn2)CC1.I. The third kappa shape index (κ3) is 6.89. The average Bonchev–Trinajstić information content (AvgIpc) is 2.78. The Hall–Kier alpha value is -2.30. The number of hydrogen-bond donors (Lipinski definition) is 1. The largest absolute Gasteiger partial charge is 0.497 e. The van der Waals surface area contributed by atoms with E-state index in [0.29, 0.717) is 6.54 Å². The van der Waals surface area contributed by atoms with Gasteiger partial charge in [0.2, 0.25) is 5.95 Å². The number of hydrogen-bond acceptors (Lipinski definition) is 6. The number of benzene rings is 1. The second-order valence-electron chi connectivity index (χ2n) is 6.82. The molecule has 164 valence electrons. The van der Waals surface area contributed by atoms with Crippen molar-refractivity contribution in [3.8, 4) is 11.5 Å². The third-order valence-corrected chi connectivity index (χ3v) is 4.64. The predicted octanol–water partition coefficient (Wildman–Crippen LogP) is 2.66. The summed E-state index contributed by atoms with van der Waals surface area (Å²) in [6.45, 7) is 9.00. The van der Waals surface area contributed by atoms with E-state index < -0.39 is 0 Å². The number of nitrogens with zero attached hydrogens (tertiary/aromatic N) is 5. The lowest BCUT2D eigenvalue weighted by atomic mass is 10.3. The van der Waals surface area contributed by atoms with Crippen molar-refractivity contribution >= 4 is 35.9 Å². The molecule has 8 nitrogen and oxygen atoms in total. The first-order chi connectivity index (χ1) is 14.2. The molecule has 1 fully saturated rings. The molecule has 3 rings (SSSR count). The van der Waals surface area contributed by atoms with E-state index in [0.717, 1.165) is 56.1 Å². The summed E-state index contributed by atoms with van der Waals surface area (Å²) in [5.41, 5.74) is 0. The van der Waals surface area contributed by atoms with Gasteiger partial charge in [-0.15, -0.1) is 24.0 Å². The fourth-order valence-electron chi connectivity index (χ4n) is 3.14. The van der Waals surface area contributed by atoms with E-state index in [2.05, 4.69) is 32.0 Å². The minimum absolute atomic E-state index is 0. The molecule has 0 radical (unpaired) electrons. The number of halogens is 1. The van der Waals surface area contributed by atoms with Crippen LogP contribution in [0.5, 0.6) is 11.5 Å². The monoisotopic (exact) mass is 526 g/mol. The third-order valence-electron chi connectivity index (χ3n) is 4.64. The number of rotatable bonds is 7. The molecule has 1 atom stereocenters. The van der Waals surface area contributed by atoms with Crippen molar-refractivity contribution in [3.05, 3.63) is 42.7 Å². The molecule has 2 aromatic rings. The Balaban J connectivity index is 0.00000320. The molecular weight excluding hydrogens is 495 g/mol. The van der Waals surface area contributed by atoms with Gasteiger partial charge >= 0.3 is 0 Å². The Kier molecular flexibility index (Phi) is 9.92. The highest BCUT2D eigenvalue weighted by molar-refractivity contribution is 14.0. The zero-order valence-corrected chi connectivity index (χ0v) is 20.2. The Morgan fingerprint density at radius 3 is 2.33 bits per heavy atom. The highest BCUT2D eigenvalue weighted by Gasteiger charge is 2.21. The van der Waals surface area contributed by atoms with Crippen LogP contribution in [0.1, 0.15) is 13.8 Å². The average molecular weight is 526 g/mol. The second-order valence-corrected chi connectivity index (χ2v) is 6.82. The molecule has 0 aliphatic carbocycles. The molecule has 2 heterocycles. The predicted molar refractivity (Wildman–Crippen MR) is 130 cm³/mol. The van der Waals surface area contributed by atoms with Crippen molar-refractivity contribution < 1.29 is 9.47 Å². The van der Waals surface area contributed by atoms with Crippen molar-refractivity contribution in [2.24, 2.45) is 4.99 Å². The smallest absolute Gasteiger partial charge is 0.225 e. The first-order valence-corrected chi connectivity index (χ1v) is 10.1. The lowest BCUT2D eigenvalue weighted by Gasteiger charge is -2.36. The summed E-state index contributed by atoms with van der Waals surface area (Å²) < 4.78 is 11.2. The van der Waals surface area contributed by atoms with Gasteiger partial charge in [0.15, 0.2) is 5.96 Å². The summed E-state index contributed by atoms with van der Waals surface area (Å²) >= 11 is 0. The van der Waals surface area contributed by atoms with E-state index in [9.17, 15) is 0 Å². The molecule has 1 aromatic carbocycles. The van der Waals surface area contributed by atoms with Crippen LogP contribution in [-0.2, 0) is 0 Å². The first kappa shape index (κ1) is 24.0. The Bertz CT molecular complexity index is 767. The van der Waals surface area contributed by atoms with Gasteiger partial charge in [-0.2, -0.15) is 0 Å². The van der Waals surface area contributed by atoms with Gasteiger partial charge in [-0.25, -0.2) is 15.0 Å². The maximum atomic E-state index is 5.97. The van der Waals surface area contributed by atoms with Crippen LogP contribution < -0.4 is 19.7 Å². The zero-order chi connectivity index (χ0) is 20.5. The molecule has 1 aromatic heterocycles. The van der Waals surface area contributed by atoms with E-state index >= 15 is 0 Å². The second kappa shape index (κ2) is 12.4. The Labute approximate surface area is 195 Å². The molecule has 9 heteroatoms. The summed E-state index contributed by atoms with van der Waals surface area (Å²) in [6.07, 6.45) is 3.53. The highest BCUT2D eigenvalue weighted by Crippen LogP contribution is 2.18. The molecule has 0 bridgehead atoms. The summed E-state index contributed by atoms with van der Waals surface area (Å²) in [6, 6.07) is 9.45. The number of ether oxygens (including phenoxy) is 2. The minimum atomic E-state index is -0.0314. The maximum Gasteiger partial charge on any atom is 0.225 e. The van der Waals surface area contributed by atoms with Gasteiger partial charge in [0, 0.05) is 45.1 Å². The molecule has 1 unspecified atom stereocenters. The van der Waals surface area contributed by atoms with Gasteiger partial charge in [-0.05, 0) is 44.2 Å². The summed E-state index contributed by atoms with van der Waals surface area (Å²) in [7, 11) is 1.65. The first-order valence-electron chi connectivity index (χ1n) is 10.1. The summed E-state index contributed by atoms with van der Waals surface area (Å²) in [5.74, 6) is 3.34. The van der Waals surface area contributed by atoms with Crippen LogP contribution in [0.2, 0.25) is 0 Å². The van der Waals surface area contributed by atoms with Crippen molar-refractivity contribution in [1.82, 2.24) is 20.2 Å². The van der Waals surface area contributed by atoms with Crippen LogP contribution in [0.3, 0.4) is 0 Å². The zero-order valence-electron chi connectivity index (χ0n) is 17.8. The van der Waals surface area contributed by atoms with Gasteiger partial charge in [0.05, 0.1) is 13.7 Å². The van der Waals surface area contributed by atoms with Crippen LogP contribution in [0.15, 0.2) is 47.7 Å². The lowest BCUT2D eigenvalue weighted by Crippen LogP contribution is -2.53. The van der Waals surface area contributed by atoms with E-state index in [1.807, 2.05) is 37.3 Å². The molecular formula is C21H31IN6O2. The summed E-state index contributed by atoms with van der Waals surface area (Å²) in [4.78, 5) is 18.0. The van der Waals surface area contributed by atoms with Crippen molar-refractivity contribution in [2.75, 3.05) is 51.3 Å². The van der Waals surface area contributed by atoms with E-state index in [1.54, 1.807) is 19.5 Å². The number of methoxy groups -OCH3 is 1. The number of piperazine rings is 1. The standard InChI is InChI=1S/C21H30N6O2.HI/c1-4-22-20(25-16-17(2)29-19-8-6-18(28-3)7-9-19)26-12-14-27(15-13-26)21-23-10-5-11-24-21;/h5-11,17H,4,12-16H2,1-3H3,(H,22,25);1H. The molecule has 1 saturated heterocycles. The van der Waals surface area contributed by atoms with E-state index in [-0.39, 0.29) is 30.1 Å². The number of anilines is 1. The Morgan fingerprint density at radius 1 is 1.10 bits per heavy atom. The topological polar surface area (TPSA) is 75.1 Å². The molecule has 0 spiro atoms. The molecule has 0 saturated carbocycles. The van der Waals surface area contributed by atoms with Gasteiger partial charge in [-0.1, -0.05) is 0 Å². The van der Waals surface area contributed by atoms with Gasteiger partial charge < -0.3 is 24.6 Å². The minimum Gasteiger partial charge on any atom is -0.497 e. The maximum absolute atomic E-state index is 5.97. The van der Waals surface area contributed by atoms with Crippen LogP contribution in [0.25, 0.3) is 0 Å².